The van der Waals surface area contributed by atoms with Crippen LogP contribution in [-0.4, -0.2) is 147 Å². The molecule has 2 amide bonds. The molecule has 4 saturated carbocycles. The smallest absolute Gasteiger partial charge is 0.407 e. The third kappa shape index (κ3) is 14.7. The lowest BCUT2D eigenvalue weighted by Crippen LogP contribution is -2.73. The number of amides is 2. The van der Waals surface area contributed by atoms with E-state index >= 15 is 0 Å². The summed E-state index contributed by atoms with van der Waals surface area (Å²) in [6.07, 6.45) is -1.83. The van der Waals surface area contributed by atoms with Gasteiger partial charge in [-0.05, 0) is 159 Å². The van der Waals surface area contributed by atoms with Crippen LogP contribution in [0.3, 0.4) is 0 Å². The van der Waals surface area contributed by atoms with Crippen LogP contribution in [-0.2, 0) is 66.7 Å². The molecule has 0 spiro atoms. The zero-order valence-corrected chi connectivity index (χ0v) is 63.8. The monoisotopic (exact) mass is 1370 g/mol. The number of esters is 4. The van der Waals surface area contributed by atoms with Crippen LogP contribution in [0.5, 0.6) is 0 Å². The van der Waals surface area contributed by atoms with Crippen molar-refractivity contribution in [2.45, 2.75) is 297 Å². The third-order valence-corrected chi connectivity index (χ3v) is 24.9. The first-order chi connectivity index (χ1) is 44.0. The normalized spacial score (nSPS) is 37.5. The van der Waals surface area contributed by atoms with Crippen LogP contribution in [0.15, 0.2) is 22.3 Å². The maximum atomic E-state index is 14.5. The van der Waals surface area contributed by atoms with E-state index in [4.69, 9.17) is 28.4 Å². The van der Waals surface area contributed by atoms with Crippen LogP contribution < -0.4 is 10.6 Å². The molecule has 21 atom stereocenters. The minimum absolute atomic E-state index is 0.0192. The Bertz CT molecular complexity index is 3120. The van der Waals surface area contributed by atoms with Crippen molar-refractivity contribution in [2.75, 3.05) is 13.2 Å². The molecule has 0 unspecified atom stereocenters. The number of fused-ring (bicyclic) bond motifs is 10. The van der Waals surface area contributed by atoms with E-state index < -0.39 is 140 Å². The Morgan fingerprint density at radius 3 is 1.28 bits per heavy atom. The first-order valence-electron chi connectivity index (χ1n) is 35.5. The van der Waals surface area contributed by atoms with Crippen LogP contribution in [0, 0.1) is 91.7 Å². The molecule has 2 heterocycles. The summed E-state index contributed by atoms with van der Waals surface area (Å²) in [6.45, 7) is 52.7. The fourth-order valence-electron chi connectivity index (χ4n) is 19.3. The third-order valence-electron chi connectivity index (χ3n) is 24.9. The molecule has 550 valence electrons. The Kier molecular flexibility index (Phi) is 23.4. The molecule has 21 heteroatoms. The minimum Gasteiger partial charge on any atom is -0.457 e. The van der Waals surface area contributed by atoms with E-state index in [1.54, 1.807) is 69.2 Å². The van der Waals surface area contributed by atoms with Crippen LogP contribution in [0.4, 0.5) is 9.59 Å². The number of alkyl carbamates (subject to hydrolysis) is 2. The molecular formula is C76H122N2O19. The number of ketones is 3. The molecular weight excluding hydrogens is 1240 g/mol. The highest BCUT2D eigenvalue weighted by Gasteiger charge is 2.74. The standard InChI is InChI=1S/C36H59NO8.C36H57NO8.C4H6O3/c2*1-18(2)14-23(37-31(41)45-32(7,8)9)20(4)30(40)44-24-16-36(42)22(6)28-34(12)17-43-25(34)15-19(3)35(28,13)29(39)27(38)26(21(24)5)33(36,10)11;1-3(5)7-4(2)6/h18-20,22-25,27-28,38,42H,14-17H2,1-13H3,(H,37,41);18-20,22-25,28,42H,14-17H2,1-13H3,(H,37,41);1-2H3/t19-,20+,22-,23-,24-,25+,27+,28+,34+,35+,36+;19-,20+,22-,23-,24-,25+,28+,34+,35+,36+;/m00./s1. The SMILES string of the molecule is CC(=O)OC(C)=O.CC1=C2C(=O)C(=O)[C@@]3(C)[C@H]([C@H](C)[C@](O)(C[C@@H]1OC(=O)[C@H](C)[C@H](CC(C)C)NC(=O)OC(C)(C)C)C2(C)C)[C@]1(C)CO[C@@H]1C[C@@H]3C.CC1=C2[C@@H](O)C(=O)[C@@]3(C)[C@H]([C@H](C)[C@](O)(C[C@@H]1OC(=O)[C@H](C)[C@H](CC(C)C)NC(=O)OC(C)(C)C)C2(C)C)[C@]1(C)CO[C@@H]1C[C@@H]3C. The van der Waals surface area contributed by atoms with Gasteiger partial charge in [0.1, 0.15) is 29.5 Å². The number of carbonyl (C=O) groups is 9. The van der Waals surface area contributed by atoms with E-state index in [9.17, 15) is 58.5 Å². The molecule has 4 bridgehead atoms. The molecule has 0 aromatic heterocycles. The van der Waals surface area contributed by atoms with Crippen molar-refractivity contribution >= 4 is 53.4 Å². The highest BCUT2D eigenvalue weighted by Crippen LogP contribution is 2.70. The van der Waals surface area contributed by atoms with Gasteiger partial charge in [0.2, 0.25) is 11.6 Å². The zero-order valence-electron chi connectivity index (χ0n) is 63.8. The van der Waals surface area contributed by atoms with E-state index in [-0.39, 0.29) is 88.7 Å². The second-order valence-electron chi connectivity index (χ2n) is 35.3. The van der Waals surface area contributed by atoms with Crippen LogP contribution in [0.2, 0.25) is 0 Å². The van der Waals surface area contributed by atoms with Gasteiger partial charge in [0.25, 0.3) is 0 Å². The Labute approximate surface area is 577 Å². The van der Waals surface area contributed by atoms with Crippen molar-refractivity contribution in [1.82, 2.24) is 10.6 Å². The number of nitrogens with one attached hydrogen (secondary N) is 2. The van der Waals surface area contributed by atoms with Gasteiger partial charge in [0.15, 0.2) is 5.78 Å². The Balaban J connectivity index is 0.000000279. The molecule has 6 aliphatic carbocycles. The lowest BCUT2D eigenvalue weighted by atomic mass is 9.39. The van der Waals surface area contributed by atoms with Gasteiger partial charge in [-0.15, -0.1) is 0 Å². The van der Waals surface area contributed by atoms with Gasteiger partial charge in [-0.1, -0.05) is 111 Å². The lowest BCUT2D eigenvalue weighted by molar-refractivity contribution is -0.293. The van der Waals surface area contributed by atoms with Gasteiger partial charge in [0.05, 0.1) is 48.5 Å². The largest absolute Gasteiger partial charge is 0.457 e. The summed E-state index contributed by atoms with van der Waals surface area (Å²) < 4.78 is 39.3. The molecule has 2 aliphatic heterocycles. The summed E-state index contributed by atoms with van der Waals surface area (Å²) >= 11 is 0. The van der Waals surface area contributed by atoms with Gasteiger partial charge in [-0.3, -0.25) is 33.6 Å². The number of hydrogen-bond donors (Lipinski definition) is 5. The van der Waals surface area contributed by atoms with E-state index in [1.165, 1.54) is 13.8 Å². The molecule has 0 aromatic carbocycles. The van der Waals surface area contributed by atoms with Gasteiger partial charge >= 0.3 is 36.1 Å². The fraction of sp³-hybridized carbons (Fsp3) is 0.829. The molecule has 97 heavy (non-hydrogen) atoms. The molecule has 0 radical (unpaired) electrons. The highest BCUT2D eigenvalue weighted by atomic mass is 16.6. The highest BCUT2D eigenvalue weighted by molar-refractivity contribution is 6.46. The van der Waals surface area contributed by atoms with Crippen LogP contribution >= 0.6 is 0 Å². The second kappa shape index (κ2) is 28.0. The Morgan fingerprint density at radius 2 is 0.938 bits per heavy atom. The van der Waals surface area contributed by atoms with Crippen molar-refractivity contribution in [3.63, 3.8) is 0 Å². The van der Waals surface area contributed by atoms with Crippen LogP contribution in [0.1, 0.15) is 232 Å². The van der Waals surface area contributed by atoms with Crippen LogP contribution in [0.25, 0.3) is 0 Å². The molecule has 2 saturated heterocycles. The van der Waals surface area contributed by atoms with Gasteiger partial charge in [-0.2, -0.15) is 0 Å². The average molecular weight is 1370 g/mol. The number of carbonyl (C=O) groups excluding carboxylic acids is 9. The van der Waals surface area contributed by atoms with E-state index in [2.05, 4.69) is 36.1 Å². The summed E-state index contributed by atoms with van der Waals surface area (Å²) in [6, 6.07) is -1.10. The quantitative estimate of drug-likeness (QED) is 0.0399. The first-order valence-corrected chi connectivity index (χ1v) is 35.5. The predicted octanol–water partition coefficient (Wildman–Crippen LogP) is 11.5. The summed E-state index contributed by atoms with van der Waals surface area (Å²) in [5, 5.41) is 43.5. The van der Waals surface area contributed by atoms with E-state index in [0.29, 0.717) is 49.2 Å². The fourth-order valence-corrected chi connectivity index (χ4v) is 19.3. The molecule has 6 fully saturated rings. The van der Waals surface area contributed by atoms with Crippen molar-refractivity contribution < 1.29 is 91.6 Å². The number of hydrogen-bond acceptors (Lipinski definition) is 19. The Morgan fingerprint density at radius 1 is 0.577 bits per heavy atom. The van der Waals surface area contributed by atoms with Gasteiger partial charge in [-0.25, -0.2) is 9.59 Å². The minimum atomic E-state index is -1.47. The van der Waals surface area contributed by atoms with E-state index in [1.807, 2.05) is 90.0 Å². The van der Waals surface area contributed by atoms with Crippen molar-refractivity contribution in [2.24, 2.45) is 91.7 Å². The average Bonchev–Trinajstić information content (AvgIpc) is 0.683. The maximum Gasteiger partial charge on any atom is 0.407 e. The molecule has 8 aliphatic rings. The summed E-state index contributed by atoms with van der Waals surface area (Å²) in [5.74, 6) is -6.11. The lowest BCUT2D eigenvalue weighted by Gasteiger charge is -2.69. The molecule has 0 aromatic rings. The zero-order chi connectivity index (χ0) is 74.3. The molecule has 5 N–H and O–H groups in total. The predicted molar refractivity (Wildman–Crippen MR) is 364 cm³/mol. The van der Waals surface area contributed by atoms with Crippen molar-refractivity contribution in [3.05, 3.63) is 22.3 Å². The topological polar surface area (TPSA) is 303 Å². The molecule has 21 nitrogen and oxygen atoms in total. The van der Waals surface area contributed by atoms with Gasteiger partial charge < -0.3 is 59.1 Å². The Hall–Kier alpha value is -5.09. The summed E-state index contributed by atoms with van der Waals surface area (Å²) in [4.78, 5) is 116. The number of ether oxygens (including phenoxy) is 7. The summed E-state index contributed by atoms with van der Waals surface area (Å²) in [5.41, 5.74) is -7.11. The second-order valence-corrected chi connectivity index (χ2v) is 35.3. The molecule has 8 rings (SSSR count). The first kappa shape index (κ1) is 80.9. The van der Waals surface area contributed by atoms with Crippen molar-refractivity contribution in [1.29, 1.82) is 0 Å². The van der Waals surface area contributed by atoms with Crippen molar-refractivity contribution in [3.8, 4) is 0 Å². The van der Waals surface area contributed by atoms with E-state index in [0.717, 1.165) is 6.42 Å². The summed E-state index contributed by atoms with van der Waals surface area (Å²) in [7, 11) is 0. The van der Waals surface area contributed by atoms with Gasteiger partial charge in [0, 0.05) is 76.8 Å². The number of aliphatic hydroxyl groups excluding tert-OH is 1. The number of rotatable bonds is 12. The maximum absolute atomic E-state index is 14.5. The number of Topliss-reactive ketones (excluding diaryl/α,β-unsaturated/α-hetero) is 3. The number of aliphatic hydroxyl groups is 3.